The van der Waals surface area contributed by atoms with Crippen LogP contribution in [0.3, 0.4) is 0 Å². The van der Waals surface area contributed by atoms with Crippen molar-refractivity contribution in [2.75, 3.05) is 31.5 Å². The first-order chi connectivity index (χ1) is 12.0. The van der Waals surface area contributed by atoms with E-state index in [0.717, 1.165) is 37.9 Å². The zero-order valence-electron chi connectivity index (χ0n) is 14.6. The fourth-order valence-electron chi connectivity index (χ4n) is 2.97. The Kier molecular flexibility index (Phi) is 6.94. The van der Waals surface area contributed by atoms with E-state index in [9.17, 15) is 14.4 Å². The molecule has 1 saturated heterocycles. The second-order valence-electron chi connectivity index (χ2n) is 6.42. The minimum Gasteiger partial charge on any atom is -0.369 e. The van der Waals surface area contributed by atoms with Gasteiger partial charge in [-0.1, -0.05) is 18.2 Å². The Morgan fingerprint density at radius 3 is 2.72 bits per heavy atom. The molecule has 136 valence electrons. The average Bonchev–Trinajstić information content (AvgIpc) is 2.60. The maximum atomic E-state index is 11.9. The van der Waals surface area contributed by atoms with Crippen molar-refractivity contribution < 1.29 is 14.4 Å². The van der Waals surface area contributed by atoms with Crippen molar-refractivity contribution in [3.8, 4) is 0 Å². The Morgan fingerprint density at radius 2 is 2.00 bits per heavy atom. The molecule has 25 heavy (non-hydrogen) atoms. The summed E-state index contributed by atoms with van der Waals surface area (Å²) in [5, 5.41) is 5.23. The zero-order chi connectivity index (χ0) is 18.2. The number of hydrogen-bond acceptors (Lipinski definition) is 4. The van der Waals surface area contributed by atoms with Gasteiger partial charge < -0.3 is 21.3 Å². The molecule has 1 aromatic rings. The number of likely N-dealkylation sites (tertiary alicyclic amines) is 1. The van der Waals surface area contributed by atoms with Gasteiger partial charge in [0.25, 0.3) is 0 Å². The number of rotatable bonds is 6. The molecule has 4 N–H and O–H groups in total. The number of amides is 3. The van der Waals surface area contributed by atoms with Gasteiger partial charge in [0.15, 0.2) is 0 Å². The van der Waals surface area contributed by atoms with E-state index in [1.807, 2.05) is 19.1 Å². The van der Waals surface area contributed by atoms with Crippen LogP contribution in [0.5, 0.6) is 0 Å². The summed E-state index contributed by atoms with van der Waals surface area (Å²) in [6.07, 6.45) is 2.52. The SMILES string of the molecule is Cc1ccccc1NC(=O)C(=O)NCCCN1CCCC(C(N)=O)C1. The Hall–Kier alpha value is -2.41. The van der Waals surface area contributed by atoms with E-state index in [0.29, 0.717) is 18.8 Å². The summed E-state index contributed by atoms with van der Waals surface area (Å²) in [6.45, 7) is 4.66. The van der Waals surface area contributed by atoms with Crippen molar-refractivity contribution >= 4 is 23.4 Å². The van der Waals surface area contributed by atoms with Gasteiger partial charge in [-0.25, -0.2) is 0 Å². The number of anilines is 1. The van der Waals surface area contributed by atoms with Gasteiger partial charge in [-0.05, 0) is 50.9 Å². The summed E-state index contributed by atoms with van der Waals surface area (Å²) >= 11 is 0. The van der Waals surface area contributed by atoms with Gasteiger partial charge in [-0.2, -0.15) is 0 Å². The van der Waals surface area contributed by atoms with Crippen molar-refractivity contribution in [2.45, 2.75) is 26.2 Å². The molecule has 1 unspecified atom stereocenters. The fraction of sp³-hybridized carbons (Fsp3) is 0.500. The van der Waals surface area contributed by atoms with Crippen LogP contribution in [-0.4, -0.2) is 48.8 Å². The van der Waals surface area contributed by atoms with Crippen molar-refractivity contribution in [1.29, 1.82) is 0 Å². The Morgan fingerprint density at radius 1 is 1.24 bits per heavy atom. The molecule has 1 aliphatic rings. The third kappa shape index (κ3) is 5.86. The number of para-hydroxylation sites is 1. The van der Waals surface area contributed by atoms with Crippen LogP contribution in [0.1, 0.15) is 24.8 Å². The molecule has 0 aromatic heterocycles. The lowest BCUT2D eigenvalue weighted by atomic mass is 9.97. The highest BCUT2D eigenvalue weighted by Crippen LogP contribution is 2.16. The lowest BCUT2D eigenvalue weighted by Crippen LogP contribution is -2.42. The van der Waals surface area contributed by atoms with Crippen molar-refractivity contribution in [3.05, 3.63) is 29.8 Å². The van der Waals surface area contributed by atoms with Gasteiger partial charge in [-0.3, -0.25) is 14.4 Å². The molecule has 1 fully saturated rings. The molecule has 1 aromatic carbocycles. The van der Waals surface area contributed by atoms with Crippen LogP contribution in [0.2, 0.25) is 0 Å². The number of aryl methyl sites for hydroxylation is 1. The monoisotopic (exact) mass is 346 g/mol. The summed E-state index contributed by atoms with van der Waals surface area (Å²) in [7, 11) is 0. The highest BCUT2D eigenvalue weighted by atomic mass is 16.2. The van der Waals surface area contributed by atoms with Gasteiger partial charge in [0.2, 0.25) is 5.91 Å². The number of piperidine rings is 1. The molecule has 0 aliphatic carbocycles. The third-order valence-corrected chi connectivity index (χ3v) is 4.44. The summed E-state index contributed by atoms with van der Waals surface area (Å²) in [6, 6.07) is 7.30. The van der Waals surface area contributed by atoms with Crippen LogP contribution in [0, 0.1) is 12.8 Å². The van der Waals surface area contributed by atoms with E-state index >= 15 is 0 Å². The average molecular weight is 346 g/mol. The number of nitrogens with one attached hydrogen (secondary N) is 2. The van der Waals surface area contributed by atoms with E-state index in [4.69, 9.17) is 5.73 Å². The van der Waals surface area contributed by atoms with Gasteiger partial charge in [0, 0.05) is 18.8 Å². The molecule has 3 amide bonds. The van der Waals surface area contributed by atoms with E-state index < -0.39 is 11.8 Å². The summed E-state index contributed by atoms with van der Waals surface area (Å²) in [4.78, 5) is 37.2. The largest absolute Gasteiger partial charge is 0.369 e. The van der Waals surface area contributed by atoms with Crippen LogP contribution in [-0.2, 0) is 14.4 Å². The first-order valence-electron chi connectivity index (χ1n) is 8.64. The fourth-order valence-corrected chi connectivity index (χ4v) is 2.97. The highest BCUT2D eigenvalue weighted by molar-refractivity contribution is 6.39. The third-order valence-electron chi connectivity index (χ3n) is 4.44. The Labute approximate surface area is 147 Å². The molecule has 0 saturated carbocycles. The minimum absolute atomic E-state index is 0.0803. The topological polar surface area (TPSA) is 105 Å². The molecule has 1 heterocycles. The van der Waals surface area contributed by atoms with E-state index in [2.05, 4.69) is 15.5 Å². The smallest absolute Gasteiger partial charge is 0.313 e. The normalized spacial score (nSPS) is 17.7. The molecular weight excluding hydrogens is 320 g/mol. The number of primary amides is 1. The van der Waals surface area contributed by atoms with Crippen LogP contribution < -0.4 is 16.4 Å². The standard InChI is InChI=1S/C18H26N4O3/c1-13-6-2-3-8-15(13)21-18(25)17(24)20-9-5-11-22-10-4-7-14(12-22)16(19)23/h2-3,6,8,14H,4-5,7,9-12H2,1H3,(H2,19,23)(H,20,24)(H,21,25). The van der Waals surface area contributed by atoms with Gasteiger partial charge in [0.05, 0.1) is 5.92 Å². The predicted molar refractivity (Wildman–Crippen MR) is 95.8 cm³/mol. The molecule has 7 nitrogen and oxygen atoms in total. The van der Waals surface area contributed by atoms with Gasteiger partial charge >= 0.3 is 11.8 Å². The predicted octanol–water partition coefficient (Wildman–Crippen LogP) is 0.637. The Bertz CT molecular complexity index is 633. The minimum atomic E-state index is -0.666. The molecule has 2 rings (SSSR count). The highest BCUT2D eigenvalue weighted by Gasteiger charge is 2.23. The molecule has 0 radical (unpaired) electrons. The molecule has 1 atom stereocenters. The van der Waals surface area contributed by atoms with Crippen molar-refractivity contribution in [3.63, 3.8) is 0 Å². The van der Waals surface area contributed by atoms with E-state index in [1.54, 1.807) is 12.1 Å². The second kappa shape index (κ2) is 9.17. The number of nitrogens with two attached hydrogens (primary N) is 1. The number of hydrogen-bond donors (Lipinski definition) is 3. The first kappa shape index (κ1) is 18.9. The summed E-state index contributed by atoms with van der Waals surface area (Å²) in [5.74, 6) is -1.63. The van der Waals surface area contributed by atoms with Crippen molar-refractivity contribution in [2.24, 2.45) is 11.7 Å². The molecular formula is C18H26N4O3. The van der Waals surface area contributed by atoms with Crippen LogP contribution in [0.25, 0.3) is 0 Å². The lowest BCUT2D eigenvalue weighted by Gasteiger charge is -2.31. The first-order valence-corrected chi connectivity index (χ1v) is 8.64. The number of benzene rings is 1. The summed E-state index contributed by atoms with van der Waals surface area (Å²) < 4.78 is 0. The maximum Gasteiger partial charge on any atom is 0.313 e. The van der Waals surface area contributed by atoms with Crippen LogP contribution in [0.15, 0.2) is 24.3 Å². The molecule has 1 aliphatic heterocycles. The molecule has 0 bridgehead atoms. The van der Waals surface area contributed by atoms with Crippen molar-refractivity contribution in [1.82, 2.24) is 10.2 Å². The molecule has 0 spiro atoms. The lowest BCUT2D eigenvalue weighted by molar-refractivity contribution is -0.136. The molecule has 7 heteroatoms. The number of nitrogens with zero attached hydrogens (tertiary/aromatic N) is 1. The summed E-state index contributed by atoms with van der Waals surface area (Å²) in [5.41, 5.74) is 6.90. The second-order valence-corrected chi connectivity index (χ2v) is 6.42. The Balaban J connectivity index is 1.67. The van der Waals surface area contributed by atoms with Crippen LogP contribution in [0.4, 0.5) is 5.69 Å². The maximum absolute atomic E-state index is 11.9. The number of carbonyl (C=O) groups excluding carboxylic acids is 3. The van der Waals surface area contributed by atoms with Gasteiger partial charge in [0.1, 0.15) is 0 Å². The zero-order valence-corrected chi connectivity index (χ0v) is 14.6. The van der Waals surface area contributed by atoms with E-state index in [1.165, 1.54) is 0 Å². The quantitative estimate of drug-likeness (QED) is 0.519. The van der Waals surface area contributed by atoms with Gasteiger partial charge in [-0.15, -0.1) is 0 Å². The van der Waals surface area contributed by atoms with E-state index in [-0.39, 0.29) is 11.8 Å². The van der Waals surface area contributed by atoms with Crippen LogP contribution >= 0.6 is 0 Å². The number of carbonyl (C=O) groups is 3.